The molecule has 2 N–H and O–H groups in total. The van der Waals surface area contributed by atoms with Crippen LogP contribution in [-0.2, 0) is 17.7 Å². The second-order valence-corrected chi connectivity index (χ2v) is 7.88. The Kier molecular flexibility index (Phi) is 6.40. The van der Waals surface area contributed by atoms with E-state index in [-0.39, 0.29) is 18.0 Å². The molecular formula is C26H25N3O4. The second kappa shape index (κ2) is 9.56. The summed E-state index contributed by atoms with van der Waals surface area (Å²) in [5.74, 6) is -0.556. The van der Waals surface area contributed by atoms with E-state index in [4.69, 9.17) is 4.74 Å². The monoisotopic (exact) mass is 443 g/mol. The van der Waals surface area contributed by atoms with Gasteiger partial charge in [-0.1, -0.05) is 36.4 Å². The van der Waals surface area contributed by atoms with E-state index in [0.29, 0.717) is 17.8 Å². The first-order valence-corrected chi connectivity index (χ1v) is 10.7. The van der Waals surface area contributed by atoms with Gasteiger partial charge in [-0.05, 0) is 60.4 Å². The summed E-state index contributed by atoms with van der Waals surface area (Å²) in [5.41, 5.74) is 5.06. The molecule has 0 saturated heterocycles. The molecule has 7 nitrogen and oxygen atoms in total. The van der Waals surface area contributed by atoms with E-state index in [2.05, 4.69) is 10.6 Å². The molecular weight excluding hydrogens is 418 g/mol. The van der Waals surface area contributed by atoms with Crippen molar-refractivity contribution in [2.45, 2.75) is 19.9 Å². The lowest BCUT2D eigenvalue weighted by Gasteiger charge is -2.18. The molecule has 0 aromatic heterocycles. The van der Waals surface area contributed by atoms with Gasteiger partial charge >= 0.3 is 12.0 Å². The summed E-state index contributed by atoms with van der Waals surface area (Å²) >= 11 is 0. The Morgan fingerprint density at radius 1 is 1.00 bits per heavy atom. The number of ether oxygens (including phenoxy) is 1. The van der Waals surface area contributed by atoms with Crippen molar-refractivity contribution in [2.75, 3.05) is 23.9 Å². The molecule has 0 unspecified atom stereocenters. The van der Waals surface area contributed by atoms with Gasteiger partial charge in [-0.3, -0.25) is 4.79 Å². The van der Waals surface area contributed by atoms with Crippen LogP contribution in [0.2, 0.25) is 0 Å². The molecule has 4 rings (SSSR count). The summed E-state index contributed by atoms with van der Waals surface area (Å²) in [6.07, 6.45) is 0.797. The van der Waals surface area contributed by atoms with Crippen molar-refractivity contribution >= 4 is 29.3 Å². The number of anilines is 2. The van der Waals surface area contributed by atoms with Gasteiger partial charge in [0.1, 0.15) is 0 Å². The number of benzene rings is 3. The van der Waals surface area contributed by atoms with Gasteiger partial charge in [0.2, 0.25) is 0 Å². The van der Waals surface area contributed by atoms with Crippen LogP contribution in [0.1, 0.15) is 37.4 Å². The van der Waals surface area contributed by atoms with Crippen LogP contribution < -0.4 is 15.5 Å². The third kappa shape index (κ3) is 4.87. The molecule has 0 bridgehead atoms. The quantitative estimate of drug-likeness (QED) is 0.576. The lowest BCUT2D eigenvalue weighted by molar-refractivity contribution is 0.0601. The van der Waals surface area contributed by atoms with Gasteiger partial charge in [0, 0.05) is 24.3 Å². The van der Waals surface area contributed by atoms with Crippen molar-refractivity contribution in [3.05, 3.63) is 94.5 Å². The number of nitrogens with one attached hydrogen (secondary N) is 2. The smallest absolute Gasteiger partial charge is 0.339 e. The summed E-state index contributed by atoms with van der Waals surface area (Å²) in [6, 6.07) is 19.8. The maximum atomic E-state index is 12.9. The van der Waals surface area contributed by atoms with E-state index in [1.807, 2.05) is 55.5 Å². The highest BCUT2D eigenvalue weighted by Gasteiger charge is 2.25. The Morgan fingerprint density at radius 3 is 2.55 bits per heavy atom. The summed E-state index contributed by atoms with van der Waals surface area (Å²) in [4.78, 5) is 39.2. The molecule has 3 amide bonds. The van der Waals surface area contributed by atoms with Crippen LogP contribution in [0.3, 0.4) is 0 Å². The minimum atomic E-state index is -0.521. The zero-order valence-corrected chi connectivity index (χ0v) is 18.6. The number of carbonyl (C=O) groups is 3. The summed E-state index contributed by atoms with van der Waals surface area (Å²) in [5, 5.41) is 5.53. The maximum absolute atomic E-state index is 12.9. The number of hydrogen-bond donors (Lipinski definition) is 2. The van der Waals surface area contributed by atoms with Crippen molar-refractivity contribution in [2.24, 2.45) is 0 Å². The third-order valence-electron chi connectivity index (χ3n) is 5.59. The Morgan fingerprint density at radius 2 is 1.79 bits per heavy atom. The fraction of sp³-hybridized carbons (Fsp3) is 0.192. The Hall–Kier alpha value is -4.13. The van der Waals surface area contributed by atoms with Gasteiger partial charge in [0.25, 0.3) is 5.91 Å². The number of amides is 3. The summed E-state index contributed by atoms with van der Waals surface area (Å²) < 4.78 is 4.79. The topological polar surface area (TPSA) is 87.7 Å². The first-order valence-electron chi connectivity index (χ1n) is 10.7. The van der Waals surface area contributed by atoms with Gasteiger partial charge in [0.05, 0.1) is 18.4 Å². The first-order chi connectivity index (χ1) is 16.0. The highest BCUT2D eigenvalue weighted by molar-refractivity contribution is 6.07. The summed E-state index contributed by atoms with van der Waals surface area (Å²) in [7, 11) is 1.30. The van der Waals surface area contributed by atoms with Crippen LogP contribution in [0.4, 0.5) is 16.2 Å². The highest BCUT2D eigenvalue weighted by Crippen LogP contribution is 2.30. The maximum Gasteiger partial charge on any atom is 0.339 e. The molecule has 1 aliphatic heterocycles. The predicted octanol–water partition coefficient (Wildman–Crippen LogP) is 4.31. The normalized spacial score (nSPS) is 12.1. The zero-order valence-electron chi connectivity index (χ0n) is 18.6. The first kappa shape index (κ1) is 22.1. The number of aryl methyl sites for hydroxylation is 1. The summed E-state index contributed by atoms with van der Waals surface area (Å²) in [6.45, 7) is 2.77. The Labute approximate surface area is 192 Å². The molecule has 0 fully saturated rings. The number of nitrogens with zero attached hydrogens (tertiary/aromatic N) is 1. The minimum Gasteiger partial charge on any atom is -0.465 e. The van der Waals surface area contributed by atoms with Crippen LogP contribution in [0.25, 0.3) is 0 Å². The number of methoxy groups -OCH3 is 1. The van der Waals surface area contributed by atoms with Crippen molar-refractivity contribution < 1.29 is 19.1 Å². The largest absolute Gasteiger partial charge is 0.465 e. The van der Waals surface area contributed by atoms with Crippen molar-refractivity contribution in [3.63, 3.8) is 0 Å². The molecule has 0 atom stereocenters. The van der Waals surface area contributed by atoms with E-state index in [9.17, 15) is 14.4 Å². The lowest BCUT2D eigenvalue weighted by atomic mass is 10.1. The number of carbonyl (C=O) groups excluding carboxylic acids is 3. The SMILES string of the molecule is COC(=O)c1ccc(C)cc1NC(=O)NCc1ccc2c(c1)N(C(=O)c1ccccc1)CC2. The Balaban J connectivity index is 1.44. The van der Waals surface area contributed by atoms with Crippen molar-refractivity contribution in [3.8, 4) is 0 Å². The third-order valence-corrected chi connectivity index (χ3v) is 5.59. The van der Waals surface area contributed by atoms with E-state index in [1.54, 1.807) is 23.1 Å². The van der Waals surface area contributed by atoms with Crippen molar-refractivity contribution in [1.82, 2.24) is 5.32 Å². The van der Waals surface area contributed by atoms with Crippen molar-refractivity contribution in [1.29, 1.82) is 0 Å². The lowest BCUT2D eigenvalue weighted by Crippen LogP contribution is -2.30. The van der Waals surface area contributed by atoms with Gasteiger partial charge in [-0.2, -0.15) is 0 Å². The average Bonchev–Trinajstić information content (AvgIpc) is 3.25. The van der Waals surface area contributed by atoms with E-state index >= 15 is 0 Å². The molecule has 0 radical (unpaired) electrons. The predicted molar refractivity (Wildman–Crippen MR) is 127 cm³/mol. The fourth-order valence-corrected chi connectivity index (χ4v) is 3.88. The van der Waals surface area contributed by atoms with Gasteiger partial charge in [-0.25, -0.2) is 9.59 Å². The van der Waals surface area contributed by atoms with Gasteiger partial charge in [-0.15, -0.1) is 0 Å². The van der Waals surface area contributed by atoms with Gasteiger partial charge in [0.15, 0.2) is 0 Å². The number of esters is 1. The minimum absolute atomic E-state index is 0.0352. The number of fused-ring (bicyclic) bond motifs is 1. The Bertz CT molecular complexity index is 1210. The molecule has 1 heterocycles. The molecule has 33 heavy (non-hydrogen) atoms. The van der Waals surface area contributed by atoms with E-state index in [1.165, 1.54) is 7.11 Å². The molecule has 7 heteroatoms. The van der Waals surface area contributed by atoms with Crippen LogP contribution >= 0.6 is 0 Å². The van der Waals surface area contributed by atoms with Crippen LogP contribution in [0.15, 0.2) is 66.7 Å². The number of hydrogen-bond acceptors (Lipinski definition) is 4. The molecule has 0 aliphatic carbocycles. The zero-order chi connectivity index (χ0) is 23.4. The highest BCUT2D eigenvalue weighted by atomic mass is 16.5. The molecule has 168 valence electrons. The second-order valence-electron chi connectivity index (χ2n) is 7.88. The number of rotatable bonds is 5. The molecule has 0 spiro atoms. The molecule has 1 aliphatic rings. The average molecular weight is 444 g/mol. The fourth-order valence-electron chi connectivity index (χ4n) is 3.88. The van der Waals surface area contributed by atoms with E-state index < -0.39 is 12.0 Å². The van der Waals surface area contributed by atoms with Crippen LogP contribution in [0.5, 0.6) is 0 Å². The number of urea groups is 1. The van der Waals surface area contributed by atoms with E-state index in [0.717, 1.165) is 28.8 Å². The van der Waals surface area contributed by atoms with Crippen LogP contribution in [0, 0.1) is 6.92 Å². The molecule has 0 saturated carbocycles. The van der Waals surface area contributed by atoms with Crippen LogP contribution in [-0.4, -0.2) is 31.6 Å². The molecule has 3 aromatic rings. The standard InChI is InChI=1S/C26H25N3O4/c1-17-8-11-21(25(31)33-2)22(14-17)28-26(32)27-16-18-9-10-19-12-13-29(23(19)15-18)24(30)20-6-4-3-5-7-20/h3-11,14-15H,12-13,16H2,1-2H3,(H2,27,28,32). The molecule has 3 aromatic carbocycles. The van der Waals surface area contributed by atoms with Gasteiger partial charge < -0.3 is 20.3 Å².